The van der Waals surface area contributed by atoms with Gasteiger partial charge in [0.1, 0.15) is 0 Å². The highest BCUT2D eigenvalue weighted by atomic mass is 35.5. The molecular formula is C13H14ClN3O2S. The number of halogens is 1. The molecule has 0 spiro atoms. The van der Waals surface area contributed by atoms with E-state index in [-0.39, 0.29) is 4.90 Å². The summed E-state index contributed by atoms with van der Waals surface area (Å²) >= 11 is 5.80. The van der Waals surface area contributed by atoms with Gasteiger partial charge in [0.25, 0.3) is 0 Å². The molecular weight excluding hydrogens is 298 g/mol. The summed E-state index contributed by atoms with van der Waals surface area (Å²) in [4.78, 5) is -0.0175. The number of hydrogen-bond donors (Lipinski definition) is 3. The number of sulfonamides is 1. The Hall–Kier alpha value is -1.76. The van der Waals surface area contributed by atoms with Gasteiger partial charge in [-0.25, -0.2) is 13.6 Å². The molecule has 0 unspecified atom stereocenters. The van der Waals surface area contributed by atoms with E-state index >= 15 is 0 Å². The Labute approximate surface area is 122 Å². The van der Waals surface area contributed by atoms with E-state index < -0.39 is 10.0 Å². The molecule has 0 radical (unpaired) electrons. The molecule has 20 heavy (non-hydrogen) atoms. The highest BCUT2D eigenvalue weighted by Gasteiger charge is 2.09. The van der Waals surface area contributed by atoms with Crippen LogP contribution in [0.25, 0.3) is 0 Å². The second kappa shape index (κ2) is 5.70. The maximum Gasteiger partial charge on any atom is 0.238 e. The lowest BCUT2D eigenvalue weighted by Gasteiger charge is -2.09. The number of nitrogen functional groups attached to an aromatic ring is 1. The average molecular weight is 312 g/mol. The van der Waals surface area contributed by atoms with E-state index in [0.717, 1.165) is 5.56 Å². The minimum atomic E-state index is -3.77. The molecule has 0 aliphatic rings. The summed E-state index contributed by atoms with van der Waals surface area (Å²) in [6.07, 6.45) is 0. The standard InChI is InChI=1S/C13H14ClN3O2S/c14-10-3-1-9(2-4-10)8-17-12-5-11(15)6-13(7-12)20(16,18)19/h1-7,17H,8,15H2,(H2,16,18,19). The first-order chi connectivity index (χ1) is 9.34. The van der Waals surface area contributed by atoms with E-state index in [1.54, 1.807) is 18.2 Å². The van der Waals surface area contributed by atoms with Crippen molar-refractivity contribution in [3.05, 3.63) is 53.1 Å². The van der Waals surface area contributed by atoms with Gasteiger partial charge >= 0.3 is 0 Å². The number of anilines is 2. The van der Waals surface area contributed by atoms with Gasteiger partial charge in [0, 0.05) is 22.9 Å². The molecule has 0 aliphatic heterocycles. The molecule has 0 amide bonds. The van der Waals surface area contributed by atoms with Crippen molar-refractivity contribution in [1.29, 1.82) is 0 Å². The summed E-state index contributed by atoms with van der Waals surface area (Å²) in [6, 6.07) is 11.7. The molecule has 7 heteroatoms. The Morgan fingerprint density at radius 2 is 1.75 bits per heavy atom. The van der Waals surface area contributed by atoms with Crippen molar-refractivity contribution in [2.24, 2.45) is 5.14 Å². The number of benzene rings is 2. The Morgan fingerprint density at radius 1 is 1.10 bits per heavy atom. The molecule has 2 aromatic carbocycles. The van der Waals surface area contributed by atoms with Crippen LogP contribution in [-0.2, 0) is 16.6 Å². The maximum atomic E-state index is 11.3. The average Bonchev–Trinajstić information content (AvgIpc) is 2.36. The summed E-state index contributed by atoms with van der Waals surface area (Å²) < 4.78 is 22.7. The zero-order valence-corrected chi connectivity index (χ0v) is 12.1. The van der Waals surface area contributed by atoms with Crippen molar-refractivity contribution in [2.45, 2.75) is 11.4 Å². The summed E-state index contributed by atoms with van der Waals surface area (Å²) in [6.45, 7) is 0.519. The van der Waals surface area contributed by atoms with Crippen LogP contribution in [0.2, 0.25) is 5.02 Å². The lowest BCUT2D eigenvalue weighted by molar-refractivity contribution is 0.598. The zero-order chi connectivity index (χ0) is 14.8. The van der Waals surface area contributed by atoms with Crippen LogP contribution in [0.4, 0.5) is 11.4 Å². The summed E-state index contributed by atoms with van der Waals surface area (Å²) in [5.74, 6) is 0. The fraction of sp³-hybridized carbons (Fsp3) is 0.0769. The fourth-order valence-corrected chi connectivity index (χ4v) is 2.41. The second-order valence-corrected chi connectivity index (χ2v) is 6.31. The van der Waals surface area contributed by atoms with Gasteiger partial charge in [0.2, 0.25) is 10.0 Å². The first-order valence-corrected chi connectivity index (χ1v) is 7.69. The minimum absolute atomic E-state index is 0.0175. The first kappa shape index (κ1) is 14.6. The van der Waals surface area contributed by atoms with Gasteiger partial charge in [0.05, 0.1) is 4.90 Å². The van der Waals surface area contributed by atoms with Crippen molar-refractivity contribution in [3.8, 4) is 0 Å². The highest BCUT2D eigenvalue weighted by Crippen LogP contribution is 2.20. The van der Waals surface area contributed by atoms with Gasteiger partial charge in [-0.1, -0.05) is 23.7 Å². The SMILES string of the molecule is Nc1cc(NCc2ccc(Cl)cc2)cc(S(N)(=O)=O)c1. The van der Waals surface area contributed by atoms with Crippen LogP contribution >= 0.6 is 11.6 Å². The van der Waals surface area contributed by atoms with Crippen molar-refractivity contribution in [1.82, 2.24) is 0 Å². The third-order valence-corrected chi connectivity index (χ3v) is 3.81. The van der Waals surface area contributed by atoms with Crippen LogP contribution in [0.5, 0.6) is 0 Å². The quantitative estimate of drug-likeness (QED) is 0.754. The molecule has 0 aliphatic carbocycles. The Morgan fingerprint density at radius 3 is 2.35 bits per heavy atom. The topological polar surface area (TPSA) is 98.2 Å². The number of primary sulfonamides is 1. The molecule has 0 bridgehead atoms. The lowest BCUT2D eigenvalue weighted by atomic mass is 10.2. The number of hydrogen-bond acceptors (Lipinski definition) is 4. The number of nitrogens with one attached hydrogen (secondary N) is 1. The van der Waals surface area contributed by atoms with Crippen LogP contribution in [-0.4, -0.2) is 8.42 Å². The van der Waals surface area contributed by atoms with E-state index in [1.165, 1.54) is 12.1 Å². The van der Waals surface area contributed by atoms with Crippen LogP contribution < -0.4 is 16.2 Å². The van der Waals surface area contributed by atoms with E-state index in [9.17, 15) is 8.42 Å². The number of nitrogens with two attached hydrogens (primary N) is 2. The summed E-state index contributed by atoms with van der Waals surface area (Å²) in [7, 11) is -3.77. The van der Waals surface area contributed by atoms with E-state index in [2.05, 4.69) is 5.32 Å². The van der Waals surface area contributed by atoms with Crippen LogP contribution in [0, 0.1) is 0 Å². The van der Waals surface area contributed by atoms with Gasteiger partial charge in [-0.3, -0.25) is 0 Å². The second-order valence-electron chi connectivity index (χ2n) is 4.32. The van der Waals surface area contributed by atoms with Gasteiger partial charge in [0.15, 0.2) is 0 Å². The highest BCUT2D eigenvalue weighted by molar-refractivity contribution is 7.89. The van der Waals surface area contributed by atoms with Gasteiger partial charge in [-0.05, 0) is 35.9 Å². The van der Waals surface area contributed by atoms with Gasteiger partial charge in [-0.2, -0.15) is 0 Å². The molecule has 0 atom stereocenters. The van der Waals surface area contributed by atoms with E-state index in [4.69, 9.17) is 22.5 Å². The molecule has 5 nitrogen and oxygen atoms in total. The Kier molecular flexibility index (Phi) is 4.17. The van der Waals surface area contributed by atoms with Crippen LogP contribution in [0.1, 0.15) is 5.56 Å². The van der Waals surface area contributed by atoms with Crippen molar-refractivity contribution < 1.29 is 8.42 Å². The van der Waals surface area contributed by atoms with E-state index in [1.807, 2.05) is 12.1 Å². The van der Waals surface area contributed by atoms with Crippen molar-refractivity contribution in [3.63, 3.8) is 0 Å². The van der Waals surface area contributed by atoms with Gasteiger partial charge < -0.3 is 11.1 Å². The molecule has 0 saturated carbocycles. The lowest BCUT2D eigenvalue weighted by Crippen LogP contribution is -2.13. The molecule has 0 aromatic heterocycles. The molecule has 2 rings (SSSR count). The Balaban J connectivity index is 2.17. The Bertz CT molecular complexity index is 715. The fourth-order valence-electron chi connectivity index (χ4n) is 1.69. The molecule has 106 valence electrons. The number of rotatable bonds is 4. The third kappa shape index (κ3) is 3.86. The minimum Gasteiger partial charge on any atom is -0.399 e. The van der Waals surface area contributed by atoms with Crippen molar-refractivity contribution in [2.75, 3.05) is 11.1 Å². The predicted molar refractivity (Wildman–Crippen MR) is 81.0 cm³/mol. The molecule has 5 N–H and O–H groups in total. The summed E-state index contributed by atoms with van der Waals surface area (Å²) in [5.41, 5.74) is 7.59. The zero-order valence-electron chi connectivity index (χ0n) is 10.5. The normalized spacial score (nSPS) is 11.3. The molecule has 0 heterocycles. The van der Waals surface area contributed by atoms with Gasteiger partial charge in [-0.15, -0.1) is 0 Å². The predicted octanol–water partition coefficient (Wildman–Crippen LogP) is 2.18. The largest absolute Gasteiger partial charge is 0.399 e. The maximum absolute atomic E-state index is 11.3. The first-order valence-electron chi connectivity index (χ1n) is 5.76. The molecule has 0 saturated heterocycles. The summed E-state index contributed by atoms with van der Waals surface area (Å²) in [5, 5.41) is 8.84. The third-order valence-electron chi connectivity index (χ3n) is 2.67. The van der Waals surface area contributed by atoms with E-state index in [0.29, 0.717) is 22.9 Å². The van der Waals surface area contributed by atoms with Crippen LogP contribution in [0.15, 0.2) is 47.4 Å². The molecule has 0 fully saturated rings. The smallest absolute Gasteiger partial charge is 0.238 e. The van der Waals surface area contributed by atoms with Crippen molar-refractivity contribution >= 4 is 33.0 Å². The van der Waals surface area contributed by atoms with Crippen LogP contribution in [0.3, 0.4) is 0 Å². The monoisotopic (exact) mass is 311 g/mol. The molecule has 2 aromatic rings.